The summed E-state index contributed by atoms with van der Waals surface area (Å²) >= 11 is 0. The molecule has 1 saturated heterocycles. The van der Waals surface area contributed by atoms with E-state index in [1.807, 2.05) is 6.92 Å². The van der Waals surface area contributed by atoms with Gasteiger partial charge in [-0.3, -0.25) is 4.79 Å². The number of hydrogen-bond donors (Lipinski definition) is 0. The number of hydrogen-bond acceptors (Lipinski definition) is 6. The molecule has 2 aromatic heterocycles. The maximum Gasteiger partial charge on any atom is 0.280 e. The van der Waals surface area contributed by atoms with E-state index < -0.39 is 11.6 Å². The lowest BCUT2D eigenvalue weighted by Gasteiger charge is -2.16. The van der Waals surface area contributed by atoms with E-state index in [-0.39, 0.29) is 17.5 Å². The summed E-state index contributed by atoms with van der Waals surface area (Å²) in [6.45, 7) is 2.80. The van der Waals surface area contributed by atoms with Crippen molar-refractivity contribution >= 4 is 5.91 Å². The Kier molecular flexibility index (Phi) is 4.38. The largest absolute Gasteiger partial charge is 0.336 e. The van der Waals surface area contributed by atoms with Crippen molar-refractivity contribution in [2.45, 2.75) is 25.8 Å². The third kappa shape index (κ3) is 3.29. The molecule has 0 radical (unpaired) electrons. The first-order valence-electron chi connectivity index (χ1n) is 8.54. The number of carbonyl (C=O) groups excluding carboxylic acids is 1. The van der Waals surface area contributed by atoms with E-state index in [0.29, 0.717) is 43.3 Å². The van der Waals surface area contributed by atoms with Gasteiger partial charge in [0.25, 0.3) is 11.8 Å². The van der Waals surface area contributed by atoms with Gasteiger partial charge in [-0.05, 0) is 24.6 Å². The molecular formula is C17H16F2N6O2. The van der Waals surface area contributed by atoms with Crippen LogP contribution in [0.2, 0.25) is 0 Å². The minimum atomic E-state index is -1.04. The van der Waals surface area contributed by atoms with Crippen LogP contribution in [-0.4, -0.2) is 49.0 Å². The lowest BCUT2D eigenvalue weighted by molar-refractivity contribution is 0.0786. The van der Waals surface area contributed by atoms with Crippen LogP contribution >= 0.6 is 0 Å². The van der Waals surface area contributed by atoms with Gasteiger partial charge in [-0.25, -0.2) is 13.5 Å². The van der Waals surface area contributed by atoms with Gasteiger partial charge in [0.2, 0.25) is 0 Å². The third-order valence-electron chi connectivity index (χ3n) is 4.50. The average Bonchev–Trinajstić information content (AvgIpc) is 3.42. The van der Waals surface area contributed by atoms with E-state index in [1.165, 1.54) is 6.07 Å². The number of likely N-dealkylation sites (tertiary alicyclic amines) is 1. The smallest absolute Gasteiger partial charge is 0.280 e. The van der Waals surface area contributed by atoms with Crippen LogP contribution in [-0.2, 0) is 6.42 Å². The second kappa shape index (κ2) is 6.86. The fraction of sp³-hybridized carbons (Fsp3) is 0.353. The molecule has 1 aliphatic heterocycles. The van der Waals surface area contributed by atoms with E-state index in [9.17, 15) is 13.6 Å². The summed E-state index contributed by atoms with van der Waals surface area (Å²) in [6.07, 6.45) is 3.02. The van der Waals surface area contributed by atoms with Crippen LogP contribution < -0.4 is 0 Å². The quantitative estimate of drug-likeness (QED) is 0.696. The van der Waals surface area contributed by atoms with Crippen molar-refractivity contribution in [2.75, 3.05) is 13.1 Å². The normalized spacial score (nSPS) is 16.9. The van der Waals surface area contributed by atoms with Crippen molar-refractivity contribution in [1.29, 1.82) is 0 Å². The molecule has 3 aromatic rings. The van der Waals surface area contributed by atoms with E-state index in [0.717, 1.165) is 12.1 Å². The average molecular weight is 374 g/mol. The number of amides is 1. The topological polar surface area (TPSA) is 89.9 Å². The molecule has 0 saturated carbocycles. The summed E-state index contributed by atoms with van der Waals surface area (Å²) in [7, 11) is 0. The summed E-state index contributed by atoms with van der Waals surface area (Å²) in [5, 5.41) is 12.0. The van der Waals surface area contributed by atoms with Gasteiger partial charge < -0.3 is 9.42 Å². The molecule has 8 nitrogen and oxygen atoms in total. The predicted octanol–water partition coefficient (Wildman–Crippen LogP) is 2.26. The maximum atomic E-state index is 13.4. The van der Waals surface area contributed by atoms with Crippen LogP contribution in [0.25, 0.3) is 11.6 Å². The van der Waals surface area contributed by atoms with E-state index in [2.05, 4.69) is 20.5 Å². The van der Waals surface area contributed by atoms with E-state index >= 15 is 0 Å². The first-order valence-corrected chi connectivity index (χ1v) is 8.54. The van der Waals surface area contributed by atoms with Crippen LogP contribution in [0.5, 0.6) is 0 Å². The molecule has 0 bridgehead atoms. The molecule has 0 N–H and O–H groups in total. The van der Waals surface area contributed by atoms with Crippen molar-refractivity contribution in [2.24, 2.45) is 0 Å². The molecule has 4 rings (SSSR count). The zero-order valence-corrected chi connectivity index (χ0v) is 14.5. The first kappa shape index (κ1) is 17.3. The summed E-state index contributed by atoms with van der Waals surface area (Å²) in [5.74, 6) is -1.48. The molecular weight excluding hydrogens is 358 g/mol. The number of carbonyl (C=O) groups is 1. The second-order valence-corrected chi connectivity index (χ2v) is 6.28. The van der Waals surface area contributed by atoms with Crippen LogP contribution in [0.1, 0.15) is 35.6 Å². The van der Waals surface area contributed by atoms with Crippen molar-refractivity contribution in [3.8, 4) is 11.6 Å². The minimum Gasteiger partial charge on any atom is -0.336 e. The van der Waals surface area contributed by atoms with Gasteiger partial charge in [0, 0.05) is 25.1 Å². The Bertz CT molecular complexity index is 985. The monoisotopic (exact) mass is 374 g/mol. The van der Waals surface area contributed by atoms with Crippen LogP contribution in [0, 0.1) is 11.6 Å². The lowest BCUT2D eigenvalue weighted by Crippen LogP contribution is -2.29. The molecule has 140 valence electrons. The van der Waals surface area contributed by atoms with Crippen molar-refractivity contribution in [3.05, 3.63) is 47.4 Å². The van der Waals surface area contributed by atoms with Crippen LogP contribution in [0.4, 0.5) is 8.78 Å². The van der Waals surface area contributed by atoms with Gasteiger partial charge in [-0.2, -0.15) is 4.98 Å². The van der Waals surface area contributed by atoms with Gasteiger partial charge in [0.05, 0.1) is 12.2 Å². The number of halogens is 2. The molecule has 1 fully saturated rings. The van der Waals surface area contributed by atoms with Gasteiger partial charge in [-0.1, -0.05) is 17.3 Å². The van der Waals surface area contributed by atoms with Crippen molar-refractivity contribution in [3.63, 3.8) is 0 Å². The number of benzene rings is 1. The molecule has 1 atom stereocenters. The first-order chi connectivity index (χ1) is 13.0. The highest BCUT2D eigenvalue weighted by atomic mass is 19.2. The summed E-state index contributed by atoms with van der Waals surface area (Å²) in [6, 6.07) is 3.07. The fourth-order valence-electron chi connectivity index (χ4n) is 3.01. The molecule has 0 spiro atoms. The maximum absolute atomic E-state index is 13.4. The van der Waals surface area contributed by atoms with Gasteiger partial charge in [0.1, 0.15) is 0 Å². The molecule has 1 aromatic carbocycles. The number of aryl methyl sites for hydroxylation is 1. The fourth-order valence-corrected chi connectivity index (χ4v) is 3.01. The lowest BCUT2D eigenvalue weighted by atomic mass is 10.2. The Morgan fingerprint density at radius 1 is 1.33 bits per heavy atom. The number of aromatic nitrogens is 5. The molecule has 3 heterocycles. The van der Waals surface area contributed by atoms with Crippen LogP contribution in [0.3, 0.4) is 0 Å². The highest BCUT2D eigenvalue weighted by Crippen LogP contribution is 2.24. The standard InChI is InChI=1S/C17H16F2N6O2/c1-2-15-20-16(27-22-15)14-9-25(23-21-14)11-5-6-24(8-11)17(26)10-3-4-12(18)13(19)7-10/h3-4,7,9,11H,2,5-6,8H2,1H3/t11-/m0/s1. The van der Waals surface area contributed by atoms with Gasteiger partial charge in [0.15, 0.2) is 23.2 Å². The molecule has 0 unspecified atom stereocenters. The molecule has 1 aliphatic rings. The Hall–Kier alpha value is -3.17. The molecule has 1 amide bonds. The highest BCUT2D eigenvalue weighted by Gasteiger charge is 2.29. The van der Waals surface area contributed by atoms with Crippen molar-refractivity contribution in [1.82, 2.24) is 30.0 Å². The van der Waals surface area contributed by atoms with Crippen LogP contribution in [0.15, 0.2) is 28.9 Å². The molecule has 0 aliphatic carbocycles. The number of rotatable bonds is 4. The second-order valence-electron chi connectivity index (χ2n) is 6.28. The van der Waals surface area contributed by atoms with E-state index in [4.69, 9.17) is 4.52 Å². The summed E-state index contributed by atoms with van der Waals surface area (Å²) in [5.41, 5.74) is 0.583. The molecule has 10 heteroatoms. The summed E-state index contributed by atoms with van der Waals surface area (Å²) < 4.78 is 33.2. The Labute approximate surface area is 152 Å². The number of nitrogens with zero attached hydrogens (tertiary/aromatic N) is 6. The Morgan fingerprint density at radius 3 is 2.93 bits per heavy atom. The Balaban J connectivity index is 1.46. The minimum absolute atomic E-state index is 0.0749. The van der Waals surface area contributed by atoms with Gasteiger partial charge in [-0.15, -0.1) is 5.10 Å². The third-order valence-corrected chi connectivity index (χ3v) is 4.50. The van der Waals surface area contributed by atoms with E-state index in [1.54, 1.807) is 15.8 Å². The molecule has 27 heavy (non-hydrogen) atoms. The SMILES string of the molecule is CCc1noc(-c2cn([C@H]3CCN(C(=O)c4ccc(F)c(F)c4)C3)nn2)n1. The zero-order chi connectivity index (χ0) is 19.0. The van der Waals surface area contributed by atoms with Gasteiger partial charge >= 0.3 is 0 Å². The highest BCUT2D eigenvalue weighted by molar-refractivity contribution is 5.94. The van der Waals surface area contributed by atoms with Crippen molar-refractivity contribution < 1.29 is 18.1 Å². The summed E-state index contributed by atoms with van der Waals surface area (Å²) in [4.78, 5) is 18.3. The predicted molar refractivity (Wildman–Crippen MR) is 88.6 cm³/mol. The Morgan fingerprint density at radius 2 is 2.19 bits per heavy atom. The zero-order valence-electron chi connectivity index (χ0n) is 14.5.